The average molecular weight is 321 g/mol. The lowest BCUT2D eigenvalue weighted by molar-refractivity contribution is -0.387. The van der Waals surface area contributed by atoms with E-state index in [0.29, 0.717) is 6.07 Å². The first-order valence-corrected chi connectivity index (χ1v) is 6.85. The zero-order valence-electron chi connectivity index (χ0n) is 11.0. The van der Waals surface area contributed by atoms with Crippen LogP contribution >= 0.6 is 11.8 Å². The van der Waals surface area contributed by atoms with Gasteiger partial charge in [0.25, 0.3) is 0 Å². The normalized spacial score (nSPS) is 13.8. The van der Waals surface area contributed by atoms with E-state index in [-0.39, 0.29) is 23.4 Å². The van der Waals surface area contributed by atoms with Gasteiger partial charge in [-0.15, -0.1) is 0 Å². The van der Waals surface area contributed by atoms with Crippen molar-refractivity contribution in [2.75, 3.05) is 5.75 Å². The van der Waals surface area contributed by atoms with E-state index in [9.17, 15) is 33.9 Å². The summed E-state index contributed by atoms with van der Waals surface area (Å²) in [6.07, 6.45) is -3.22. The van der Waals surface area contributed by atoms with E-state index < -0.39 is 40.0 Å². The molecule has 0 aliphatic heterocycles. The summed E-state index contributed by atoms with van der Waals surface area (Å²) in [5.41, 5.74) is -1.56. The molecule has 0 bridgehead atoms. The predicted octanol–water partition coefficient (Wildman–Crippen LogP) is 1.94. The van der Waals surface area contributed by atoms with Gasteiger partial charge in [0, 0.05) is 30.4 Å². The zero-order chi connectivity index (χ0) is 16.2. The Balaban J connectivity index is 2.90. The summed E-state index contributed by atoms with van der Waals surface area (Å²) in [4.78, 5) is 20.2. The van der Waals surface area contributed by atoms with Crippen LogP contribution in [-0.4, -0.2) is 32.1 Å². The molecule has 1 aromatic rings. The van der Waals surface area contributed by atoms with Crippen molar-refractivity contribution < 1.29 is 28.7 Å². The zero-order valence-corrected chi connectivity index (χ0v) is 11.8. The Labute approximate surface area is 122 Å². The minimum absolute atomic E-state index is 0.0317. The number of halogens is 2. The van der Waals surface area contributed by atoms with Gasteiger partial charge in [-0.3, -0.25) is 14.9 Å². The van der Waals surface area contributed by atoms with E-state index in [1.165, 1.54) is 6.92 Å². The molecule has 2 unspecified atom stereocenters. The molecule has 0 fully saturated rings. The number of aliphatic hydroxyl groups is 2. The highest BCUT2D eigenvalue weighted by molar-refractivity contribution is 8.13. The standard InChI is InChI=1S/C12H13F2NO5S/c1-6(16)21-3-2-11(17)12(18)7-4-10(15(19)20)9(14)5-8(7)13/h4-5,11-12,17-18H,2-3H2,1H3. The number of nitro benzene ring substituents is 1. The summed E-state index contributed by atoms with van der Waals surface area (Å²) < 4.78 is 26.7. The van der Waals surface area contributed by atoms with E-state index >= 15 is 0 Å². The van der Waals surface area contributed by atoms with E-state index in [1.54, 1.807) is 0 Å². The number of rotatable bonds is 6. The van der Waals surface area contributed by atoms with Crippen molar-refractivity contribution in [2.24, 2.45) is 0 Å². The lowest BCUT2D eigenvalue weighted by Crippen LogP contribution is -2.20. The van der Waals surface area contributed by atoms with Gasteiger partial charge in [-0.05, 0) is 6.42 Å². The Bertz CT molecular complexity index is 555. The molecule has 0 saturated carbocycles. The monoisotopic (exact) mass is 321 g/mol. The van der Waals surface area contributed by atoms with Crippen molar-refractivity contribution in [3.8, 4) is 0 Å². The Hall–Kier alpha value is -1.58. The van der Waals surface area contributed by atoms with Crippen LogP contribution in [0.5, 0.6) is 0 Å². The van der Waals surface area contributed by atoms with Crippen molar-refractivity contribution in [1.29, 1.82) is 0 Å². The van der Waals surface area contributed by atoms with Gasteiger partial charge in [0.1, 0.15) is 11.9 Å². The van der Waals surface area contributed by atoms with Crippen molar-refractivity contribution in [1.82, 2.24) is 0 Å². The Morgan fingerprint density at radius 2 is 2.00 bits per heavy atom. The quantitative estimate of drug-likeness (QED) is 0.613. The molecule has 0 amide bonds. The topological polar surface area (TPSA) is 101 Å². The van der Waals surface area contributed by atoms with E-state index in [4.69, 9.17) is 0 Å². The number of hydrogen-bond donors (Lipinski definition) is 2. The van der Waals surface area contributed by atoms with Crippen molar-refractivity contribution in [3.63, 3.8) is 0 Å². The lowest BCUT2D eigenvalue weighted by Gasteiger charge is -2.18. The second-order valence-corrected chi connectivity index (χ2v) is 5.49. The molecule has 9 heteroatoms. The number of hydrogen-bond acceptors (Lipinski definition) is 6. The van der Waals surface area contributed by atoms with Crippen LogP contribution in [0.25, 0.3) is 0 Å². The first-order chi connectivity index (χ1) is 9.73. The van der Waals surface area contributed by atoms with Gasteiger partial charge in [0.15, 0.2) is 5.12 Å². The molecule has 0 spiro atoms. The minimum Gasteiger partial charge on any atom is -0.390 e. The van der Waals surface area contributed by atoms with Crippen LogP contribution in [0.4, 0.5) is 14.5 Å². The number of carbonyl (C=O) groups excluding carboxylic acids is 1. The largest absolute Gasteiger partial charge is 0.390 e. The lowest BCUT2D eigenvalue weighted by atomic mass is 10.0. The van der Waals surface area contributed by atoms with Gasteiger partial charge < -0.3 is 10.2 Å². The first kappa shape index (κ1) is 17.5. The molecule has 116 valence electrons. The predicted molar refractivity (Wildman–Crippen MR) is 71.7 cm³/mol. The Morgan fingerprint density at radius 1 is 1.38 bits per heavy atom. The molecule has 1 rings (SSSR count). The minimum atomic E-state index is -1.75. The summed E-state index contributed by atoms with van der Waals surface area (Å²) in [6, 6.07) is 0.838. The van der Waals surface area contributed by atoms with Crippen LogP contribution in [0, 0.1) is 21.7 Å². The van der Waals surface area contributed by atoms with Crippen LogP contribution in [0.15, 0.2) is 12.1 Å². The van der Waals surface area contributed by atoms with E-state index in [1.807, 2.05) is 0 Å². The molecule has 0 aromatic heterocycles. The van der Waals surface area contributed by atoms with E-state index in [0.717, 1.165) is 11.8 Å². The number of thioether (sulfide) groups is 1. The number of aliphatic hydroxyl groups excluding tert-OH is 2. The molecule has 2 N–H and O–H groups in total. The molecule has 0 aliphatic carbocycles. The third-order valence-corrected chi connectivity index (χ3v) is 3.51. The third kappa shape index (κ3) is 4.73. The second-order valence-electron chi connectivity index (χ2n) is 4.22. The van der Waals surface area contributed by atoms with Crippen LogP contribution in [0.1, 0.15) is 25.0 Å². The first-order valence-electron chi connectivity index (χ1n) is 5.86. The van der Waals surface area contributed by atoms with Crippen LogP contribution in [0.2, 0.25) is 0 Å². The molecule has 0 aliphatic rings. The fourth-order valence-corrected chi connectivity index (χ4v) is 2.26. The number of nitrogens with zero attached hydrogens (tertiary/aromatic N) is 1. The van der Waals surface area contributed by atoms with Crippen LogP contribution < -0.4 is 0 Å². The molecule has 0 saturated heterocycles. The maximum absolute atomic E-state index is 13.6. The van der Waals surface area contributed by atoms with Gasteiger partial charge in [0.05, 0.1) is 11.0 Å². The van der Waals surface area contributed by atoms with Crippen LogP contribution in [-0.2, 0) is 4.79 Å². The highest BCUT2D eigenvalue weighted by atomic mass is 32.2. The summed E-state index contributed by atoms with van der Waals surface area (Å²) in [5, 5.41) is 29.9. The summed E-state index contributed by atoms with van der Waals surface area (Å²) in [6.45, 7) is 1.33. The van der Waals surface area contributed by atoms with Gasteiger partial charge in [-0.2, -0.15) is 4.39 Å². The summed E-state index contributed by atoms with van der Waals surface area (Å²) in [7, 11) is 0. The maximum atomic E-state index is 13.6. The molecule has 2 atom stereocenters. The fourth-order valence-electron chi connectivity index (χ4n) is 1.61. The number of nitro groups is 1. The fraction of sp³-hybridized carbons (Fsp3) is 0.417. The molecule has 1 aromatic carbocycles. The SMILES string of the molecule is CC(=O)SCCC(O)C(O)c1cc([N+](=O)[O-])c(F)cc1F. The molecule has 6 nitrogen and oxygen atoms in total. The number of carbonyl (C=O) groups is 1. The molecular weight excluding hydrogens is 308 g/mol. The van der Waals surface area contributed by atoms with Gasteiger partial charge >= 0.3 is 5.69 Å². The smallest absolute Gasteiger partial charge is 0.305 e. The third-order valence-electron chi connectivity index (χ3n) is 2.66. The Morgan fingerprint density at radius 3 is 2.52 bits per heavy atom. The van der Waals surface area contributed by atoms with Gasteiger partial charge in [-0.25, -0.2) is 4.39 Å². The Kier molecular flexibility index (Phi) is 6.19. The van der Waals surface area contributed by atoms with Crippen molar-refractivity contribution in [2.45, 2.75) is 25.6 Å². The molecule has 0 heterocycles. The van der Waals surface area contributed by atoms with Crippen LogP contribution in [0.3, 0.4) is 0 Å². The highest BCUT2D eigenvalue weighted by Crippen LogP contribution is 2.28. The molecule has 0 radical (unpaired) electrons. The number of benzene rings is 1. The van der Waals surface area contributed by atoms with E-state index in [2.05, 4.69) is 0 Å². The average Bonchev–Trinajstić information content (AvgIpc) is 2.37. The molecule has 21 heavy (non-hydrogen) atoms. The maximum Gasteiger partial charge on any atom is 0.305 e. The summed E-state index contributed by atoms with van der Waals surface area (Å²) in [5.74, 6) is -2.36. The van der Waals surface area contributed by atoms with Gasteiger partial charge in [-0.1, -0.05) is 11.8 Å². The highest BCUT2D eigenvalue weighted by Gasteiger charge is 2.26. The van der Waals surface area contributed by atoms with Crippen molar-refractivity contribution in [3.05, 3.63) is 39.4 Å². The van der Waals surface area contributed by atoms with Crippen molar-refractivity contribution >= 4 is 22.6 Å². The second kappa shape index (κ2) is 7.43. The van der Waals surface area contributed by atoms with Gasteiger partial charge in [0.2, 0.25) is 5.82 Å². The molecular formula is C12H13F2NO5S. The summed E-state index contributed by atoms with van der Waals surface area (Å²) >= 11 is 0.915.